The third-order valence-electron chi connectivity index (χ3n) is 10.1. The van der Waals surface area contributed by atoms with Gasteiger partial charge in [0, 0.05) is 24.6 Å². The van der Waals surface area contributed by atoms with Crippen molar-refractivity contribution in [2.24, 2.45) is 0 Å². The van der Waals surface area contributed by atoms with E-state index in [0.717, 1.165) is 11.1 Å². The highest BCUT2D eigenvalue weighted by Gasteiger charge is 2.72. The number of nitrogens with zero attached hydrogens (tertiary/aromatic N) is 2. The number of carbonyl (C=O) groups excluding carboxylic acids is 4. The summed E-state index contributed by atoms with van der Waals surface area (Å²) in [7, 11) is 1.98. The predicted octanol–water partition coefficient (Wildman–Crippen LogP) is 2.05. The van der Waals surface area contributed by atoms with E-state index < -0.39 is 64.8 Å². The summed E-state index contributed by atoms with van der Waals surface area (Å²) in [6.07, 6.45) is 1.21. The smallest absolute Gasteiger partial charge is 0.410 e. The summed E-state index contributed by atoms with van der Waals surface area (Å²) in [6, 6.07) is 1.35. The normalized spacial score (nSPS) is 30.7. The van der Waals surface area contributed by atoms with Gasteiger partial charge < -0.3 is 39.4 Å². The number of carbonyl (C=O) groups is 4. The fourth-order valence-electron chi connectivity index (χ4n) is 7.91. The van der Waals surface area contributed by atoms with Crippen molar-refractivity contribution in [1.29, 1.82) is 0 Å². The van der Waals surface area contributed by atoms with Crippen LogP contribution >= 0.6 is 0 Å². The molecule has 5 aliphatic rings. The van der Waals surface area contributed by atoms with Gasteiger partial charge in [-0.3, -0.25) is 9.69 Å². The second-order valence-electron chi connectivity index (χ2n) is 14.2. The molecule has 0 aromatic heterocycles. The molecule has 1 spiro atoms. The van der Waals surface area contributed by atoms with Gasteiger partial charge in [0.1, 0.15) is 23.4 Å². The summed E-state index contributed by atoms with van der Waals surface area (Å²) in [5, 5.41) is 25.5. The lowest BCUT2D eigenvalue weighted by Gasteiger charge is -2.61. The van der Waals surface area contributed by atoms with E-state index in [1.165, 1.54) is 18.7 Å². The Balaban J connectivity index is 1.11. The molecule has 3 aliphatic heterocycles. The summed E-state index contributed by atoms with van der Waals surface area (Å²) in [4.78, 5) is 55.3. The molecule has 0 saturated carbocycles. The van der Waals surface area contributed by atoms with Crippen LogP contribution in [0.5, 0.6) is 11.5 Å². The molecule has 250 valence electrons. The number of esters is 2. The van der Waals surface area contributed by atoms with Gasteiger partial charge in [-0.1, -0.05) is 6.07 Å². The van der Waals surface area contributed by atoms with Crippen LogP contribution in [0, 0.1) is 0 Å². The van der Waals surface area contributed by atoms with E-state index in [1.807, 2.05) is 13.1 Å². The third-order valence-corrected chi connectivity index (χ3v) is 10.1. The molecule has 0 unspecified atom stereocenters. The first kappa shape index (κ1) is 32.1. The van der Waals surface area contributed by atoms with Crippen LogP contribution in [0.15, 0.2) is 24.0 Å². The van der Waals surface area contributed by atoms with Gasteiger partial charge in [-0.15, -0.1) is 0 Å². The zero-order chi connectivity index (χ0) is 33.3. The number of benzene rings is 1. The van der Waals surface area contributed by atoms with Crippen molar-refractivity contribution in [1.82, 2.24) is 15.1 Å². The van der Waals surface area contributed by atoms with Crippen LogP contribution in [-0.2, 0) is 40.4 Å². The van der Waals surface area contributed by atoms with Crippen LogP contribution in [0.1, 0.15) is 71.4 Å². The Morgan fingerprint density at radius 1 is 1.13 bits per heavy atom. The van der Waals surface area contributed by atoms with Gasteiger partial charge in [0.05, 0.1) is 11.0 Å². The molecular weight excluding hydrogens is 598 g/mol. The molecule has 0 radical (unpaired) electrons. The molecule has 3 heterocycles. The van der Waals surface area contributed by atoms with Crippen LogP contribution in [0.4, 0.5) is 4.79 Å². The van der Waals surface area contributed by atoms with E-state index in [1.54, 1.807) is 32.9 Å². The van der Waals surface area contributed by atoms with Crippen molar-refractivity contribution in [2.75, 3.05) is 20.1 Å². The summed E-state index contributed by atoms with van der Waals surface area (Å²) in [5.74, 6) is -1.78. The molecule has 1 aromatic rings. The number of rotatable bonds is 6. The average Bonchev–Trinajstić information content (AvgIpc) is 3.60. The van der Waals surface area contributed by atoms with E-state index in [2.05, 4.69) is 10.2 Å². The molecule has 6 rings (SSSR count). The Kier molecular flexibility index (Phi) is 7.78. The lowest BCUT2D eigenvalue weighted by atomic mass is 9.50. The summed E-state index contributed by atoms with van der Waals surface area (Å²) in [5.41, 5.74) is -1.11. The molecule has 2 amide bonds. The summed E-state index contributed by atoms with van der Waals surface area (Å²) in [6.45, 7) is 9.06. The third kappa shape index (κ3) is 4.98. The Morgan fingerprint density at radius 2 is 1.87 bits per heavy atom. The number of likely N-dealkylation sites (N-methyl/N-ethyl adjacent to an activating group) is 1. The molecule has 46 heavy (non-hydrogen) atoms. The average molecular weight is 642 g/mol. The van der Waals surface area contributed by atoms with Gasteiger partial charge in [-0.2, -0.15) is 0 Å². The monoisotopic (exact) mass is 641 g/mol. The topological polar surface area (TPSA) is 164 Å². The highest BCUT2D eigenvalue weighted by atomic mass is 16.6. The van der Waals surface area contributed by atoms with E-state index in [0.29, 0.717) is 44.5 Å². The maximum Gasteiger partial charge on any atom is 0.410 e. The first-order valence-corrected chi connectivity index (χ1v) is 15.9. The van der Waals surface area contributed by atoms with Crippen molar-refractivity contribution in [3.8, 4) is 11.5 Å². The molecule has 2 saturated heterocycles. The molecule has 7 atom stereocenters. The quantitative estimate of drug-likeness (QED) is 0.308. The molecule has 2 aliphatic carbocycles. The van der Waals surface area contributed by atoms with Gasteiger partial charge >= 0.3 is 18.0 Å². The van der Waals surface area contributed by atoms with Crippen molar-refractivity contribution in [3.63, 3.8) is 0 Å². The summed E-state index contributed by atoms with van der Waals surface area (Å²) < 4.78 is 22.9. The Labute approximate surface area is 267 Å². The Bertz CT molecular complexity index is 1500. The Morgan fingerprint density at radius 3 is 2.59 bits per heavy atom. The lowest BCUT2D eigenvalue weighted by Crippen LogP contribution is -2.74. The van der Waals surface area contributed by atoms with Gasteiger partial charge in [0.2, 0.25) is 5.91 Å². The maximum absolute atomic E-state index is 13.3. The number of piperidine rings is 1. The van der Waals surface area contributed by atoms with E-state index in [9.17, 15) is 29.4 Å². The number of amides is 2. The van der Waals surface area contributed by atoms with Crippen LogP contribution < -0.4 is 10.1 Å². The number of hydrogen-bond donors (Lipinski definition) is 3. The number of nitrogens with one attached hydrogen (secondary N) is 1. The highest BCUT2D eigenvalue weighted by Crippen LogP contribution is 2.65. The lowest BCUT2D eigenvalue weighted by molar-refractivity contribution is -0.176. The standard InChI is InChI=1S/C33H43N3O10/c1-17(34-27(38)20-8-7-14-36(20)30(41)46-31(3,4)5)28(39)43-18(2)29(40)44-22-11-12-33(42)23-16-19-9-10-21(37)25-24(19)32(33,26(22)45-25)13-15-35(23)6/h9-11,17-18,20,23,26,37,42H,7-8,12-16H2,1-6H3,(H,34,38)/t17-,18-,20-,23-,26-,32-,33+/m0/s1. The fraction of sp³-hybridized carbons (Fsp3) is 0.636. The Hall–Kier alpha value is -3.84. The van der Waals surface area contributed by atoms with Crippen LogP contribution in [0.2, 0.25) is 0 Å². The second kappa shape index (κ2) is 11.2. The van der Waals surface area contributed by atoms with Gasteiger partial charge in [-0.05, 0) is 91.6 Å². The number of aliphatic hydroxyl groups is 1. The number of likely N-dealkylation sites (tertiary alicyclic amines) is 2. The minimum Gasteiger partial charge on any atom is -0.504 e. The number of ether oxygens (including phenoxy) is 4. The van der Waals surface area contributed by atoms with Crippen LogP contribution in [0.3, 0.4) is 0 Å². The SMILES string of the molecule is C[C@H](NC(=O)[C@@H]1CCCN1C(=O)OC(C)(C)C)C(=O)O[C@@H](C)C(=O)OC1=CC[C@@]2(O)[C@@H]3Cc4ccc(O)c5c4[C@@]2(CCN3C)[C@H]1O5. The van der Waals surface area contributed by atoms with Gasteiger partial charge in [0.25, 0.3) is 0 Å². The van der Waals surface area contributed by atoms with E-state index in [4.69, 9.17) is 18.9 Å². The highest BCUT2D eigenvalue weighted by molar-refractivity contribution is 5.90. The molecule has 2 fully saturated rings. The zero-order valence-electron chi connectivity index (χ0n) is 27.1. The number of aromatic hydroxyl groups is 1. The molecule has 3 N–H and O–H groups in total. The minimum atomic E-state index is -1.33. The fourth-order valence-corrected chi connectivity index (χ4v) is 7.91. The first-order chi connectivity index (χ1) is 21.6. The summed E-state index contributed by atoms with van der Waals surface area (Å²) >= 11 is 0. The van der Waals surface area contributed by atoms with Gasteiger partial charge in [0.15, 0.2) is 23.7 Å². The zero-order valence-corrected chi connectivity index (χ0v) is 27.1. The van der Waals surface area contributed by atoms with Crippen LogP contribution in [0.25, 0.3) is 0 Å². The van der Waals surface area contributed by atoms with E-state index >= 15 is 0 Å². The number of phenols is 1. The predicted molar refractivity (Wildman–Crippen MR) is 162 cm³/mol. The number of hydrogen-bond acceptors (Lipinski definition) is 11. The van der Waals surface area contributed by atoms with Crippen molar-refractivity contribution < 1.29 is 48.3 Å². The number of phenolic OH excluding ortho intramolecular Hbond substituents is 1. The molecular formula is C33H43N3O10. The van der Waals surface area contributed by atoms with Crippen LogP contribution in [-0.4, -0.2) is 106 Å². The maximum atomic E-state index is 13.3. The second-order valence-corrected chi connectivity index (χ2v) is 14.2. The molecule has 1 aromatic carbocycles. The molecule has 13 heteroatoms. The minimum absolute atomic E-state index is 0.0434. The molecule has 13 nitrogen and oxygen atoms in total. The largest absolute Gasteiger partial charge is 0.504 e. The van der Waals surface area contributed by atoms with Gasteiger partial charge in [-0.25, -0.2) is 14.4 Å². The van der Waals surface area contributed by atoms with E-state index in [-0.39, 0.29) is 24.0 Å². The van der Waals surface area contributed by atoms with Crippen molar-refractivity contribution >= 4 is 23.9 Å². The van der Waals surface area contributed by atoms with Crippen molar-refractivity contribution in [2.45, 2.75) is 114 Å². The van der Waals surface area contributed by atoms with Crippen molar-refractivity contribution in [3.05, 3.63) is 35.1 Å². The first-order valence-electron chi connectivity index (χ1n) is 15.9. The molecule has 2 bridgehead atoms.